The molecule has 0 aromatic rings. The number of rotatable bonds is 3. The molecule has 0 aromatic heterocycles. The number of hydroxylamine groups is 2. The summed E-state index contributed by atoms with van der Waals surface area (Å²) in [6.45, 7) is 2.87. The van der Waals surface area contributed by atoms with Crippen molar-refractivity contribution in [2.75, 3.05) is 20.7 Å². The van der Waals surface area contributed by atoms with E-state index in [1.54, 1.807) is 12.2 Å². The van der Waals surface area contributed by atoms with Crippen LogP contribution in [0.1, 0.15) is 32.6 Å². The fourth-order valence-corrected chi connectivity index (χ4v) is 1.94. The van der Waals surface area contributed by atoms with Gasteiger partial charge in [0.05, 0.1) is 19.3 Å². The Morgan fingerprint density at radius 2 is 2.00 bits per heavy atom. The van der Waals surface area contributed by atoms with E-state index in [0.29, 0.717) is 6.54 Å². The molecule has 0 saturated heterocycles. The summed E-state index contributed by atoms with van der Waals surface area (Å²) in [5.41, 5.74) is -0.517. The maximum Gasteiger partial charge on any atom is 0.0797 e. The van der Waals surface area contributed by atoms with Crippen LogP contribution in [0.4, 0.5) is 0 Å². The minimum Gasteiger partial charge on any atom is -0.388 e. The Morgan fingerprint density at radius 3 is 2.46 bits per heavy atom. The van der Waals surface area contributed by atoms with Gasteiger partial charge in [-0.2, -0.15) is 5.06 Å². The second kappa shape index (κ2) is 4.40. The molecule has 1 aliphatic rings. The van der Waals surface area contributed by atoms with Crippen LogP contribution in [0.15, 0.2) is 0 Å². The van der Waals surface area contributed by atoms with E-state index in [1.165, 1.54) is 0 Å². The van der Waals surface area contributed by atoms with Crippen molar-refractivity contribution in [2.45, 2.75) is 38.2 Å². The Bertz CT molecular complexity index is 153. The third-order valence-electron chi connectivity index (χ3n) is 3.03. The number of hydrogen-bond donors (Lipinski definition) is 1. The van der Waals surface area contributed by atoms with Gasteiger partial charge >= 0.3 is 0 Å². The molecule has 0 heterocycles. The number of likely N-dealkylation sites (N-methyl/N-ethyl adjacent to an activating group) is 1. The average Bonchev–Trinajstić information content (AvgIpc) is 2.10. The van der Waals surface area contributed by atoms with E-state index in [-0.39, 0.29) is 0 Å². The van der Waals surface area contributed by atoms with Gasteiger partial charge in [-0.1, -0.05) is 6.92 Å². The molecule has 0 atom stereocenters. The van der Waals surface area contributed by atoms with Crippen molar-refractivity contribution in [1.29, 1.82) is 0 Å². The van der Waals surface area contributed by atoms with Crippen molar-refractivity contribution >= 4 is 0 Å². The highest BCUT2D eigenvalue weighted by Gasteiger charge is 2.32. The first kappa shape index (κ1) is 11.0. The van der Waals surface area contributed by atoms with Crippen molar-refractivity contribution in [3.8, 4) is 0 Å². The maximum absolute atomic E-state index is 10.2. The molecule has 3 nitrogen and oxygen atoms in total. The molecule has 0 aromatic carbocycles. The third kappa shape index (κ3) is 3.25. The van der Waals surface area contributed by atoms with Crippen LogP contribution in [0.2, 0.25) is 0 Å². The summed E-state index contributed by atoms with van der Waals surface area (Å²) >= 11 is 0. The standard InChI is InChI=1S/C10H21NO2/c1-9-4-6-10(12,7-5-9)8-11(2)13-3/h9,12H,4-8H2,1-3H3. The maximum atomic E-state index is 10.2. The molecule has 78 valence electrons. The SMILES string of the molecule is CON(C)CC1(O)CCC(C)CC1. The van der Waals surface area contributed by atoms with Crippen LogP contribution in [0.3, 0.4) is 0 Å². The van der Waals surface area contributed by atoms with Crippen LogP contribution in [0.25, 0.3) is 0 Å². The molecule has 1 saturated carbocycles. The van der Waals surface area contributed by atoms with E-state index < -0.39 is 5.60 Å². The lowest BCUT2D eigenvalue weighted by Gasteiger charge is -2.36. The molecule has 0 radical (unpaired) electrons. The topological polar surface area (TPSA) is 32.7 Å². The van der Waals surface area contributed by atoms with E-state index in [1.807, 2.05) is 7.05 Å². The molecule has 1 fully saturated rings. The van der Waals surface area contributed by atoms with Crippen molar-refractivity contribution in [3.63, 3.8) is 0 Å². The lowest BCUT2D eigenvalue weighted by Crippen LogP contribution is -2.43. The van der Waals surface area contributed by atoms with Gasteiger partial charge < -0.3 is 9.94 Å². The second-order valence-electron chi connectivity index (χ2n) is 4.38. The van der Waals surface area contributed by atoms with Gasteiger partial charge in [-0.25, -0.2) is 0 Å². The fraction of sp³-hybridized carbons (Fsp3) is 1.00. The molecular weight excluding hydrogens is 166 g/mol. The fourth-order valence-electron chi connectivity index (χ4n) is 1.94. The van der Waals surface area contributed by atoms with E-state index in [2.05, 4.69) is 6.92 Å². The monoisotopic (exact) mass is 187 g/mol. The quantitative estimate of drug-likeness (QED) is 0.678. The van der Waals surface area contributed by atoms with Gasteiger partial charge in [0, 0.05) is 7.05 Å². The van der Waals surface area contributed by atoms with Crippen molar-refractivity contribution in [3.05, 3.63) is 0 Å². The largest absolute Gasteiger partial charge is 0.388 e. The van der Waals surface area contributed by atoms with Gasteiger partial charge in [0.1, 0.15) is 0 Å². The molecule has 0 unspecified atom stereocenters. The Balaban J connectivity index is 2.38. The van der Waals surface area contributed by atoms with Crippen LogP contribution in [0.5, 0.6) is 0 Å². The zero-order chi connectivity index (χ0) is 9.90. The van der Waals surface area contributed by atoms with E-state index in [4.69, 9.17) is 4.84 Å². The minimum atomic E-state index is -0.517. The van der Waals surface area contributed by atoms with Gasteiger partial charge in [0.15, 0.2) is 0 Å². The summed E-state index contributed by atoms with van der Waals surface area (Å²) in [7, 11) is 3.49. The molecule has 0 aliphatic heterocycles. The summed E-state index contributed by atoms with van der Waals surface area (Å²) in [6.07, 6.45) is 4.08. The zero-order valence-electron chi connectivity index (χ0n) is 8.92. The third-order valence-corrected chi connectivity index (χ3v) is 3.03. The van der Waals surface area contributed by atoms with Gasteiger partial charge in [0.2, 0.25) is 0 Å². The lowest BCUT2D eigenvalue weighted by atomic mass is 9.79. The summed E-state index contributed by atoms with van der Waals surface area (Å²) in [5, 5.41) is 11.9. The molecule has 13 heavy (non-hydrogen) atoms. The highest BCUT2D eigenvalue weighted by molar-refractivity contribution is 4.85. The lowest BCUT2D eigenvalue weighted by molar-refractivity contribution is -0.159. The summed E-state index contributed by atoms with van der Waals surface area (Å²) in [4.78, 5) is 5.02. The Morgan fingerprint density at radius 1 is 1.46 bits per heavy atom. The molecule has 0 spiro atoms. The van der Waals surface area contributed by atoms with Crippen LogP contribution >= 0.6 is 0 Å². The Labute approximate surface area is 80.6 Å². The molecule has 3 heteroatoms. The van der Waals surface area contributed by atoms with Crippen LogP contribution in [-0.2, 0) is 4.84 Å². The van der Waals surface area contributed by atoms with E-state index in [9.17, 15) is 5.11 Å². The zero-order valence-corrected chi connectivity index (χ0v) is 8.92. The van der Waals surface area contributed by atoms with Crippen LogP contribution in [-0.4, -0.2) is 36.5 Å². The van der Waals surface area contributed by atoms with Gasteiger partial charge in [-0.3, -0.25) is 0 Å². The van der Waals surface area contributed by atoms with Crippen molar-refractivity contribution in [2.24, 2.45) is 5.92 Å². The molecule has 0 amide bonds. The highest BCUT2D eigenvalue weighted by atomic mass is 16.7. The molecule has 1 rings (SSSR count). The molecule has 1 N–H and O–H groups in total. The first-order chi connectivity index (χ1) is 6.06. The first-order valence-electron chi connectivity index (χ1n) is 5.03. The number of hydrogen-bond acceptors (Lipinski definition) is 3. The smallest absolute Gasteiger partial charge is 0.0797 e. The predicted molar refractivity (Wildman–Crippen MR) is 52.2 cm³/mol. The van der Waals surface area contributed by atoms with Crippen LogP contribution in [0, 0.1) is 5.92 Å². The summed E-state index contributed by atoms with van der Waals surface area (Å²) in [6, 6.07) is 0. The summed E-state index contributed by atoms with van der Waals surface area (Å²) < 4.78 is 0. The van der Waals surface area contributed by atoms with E-state index in [0.717, 1.165) is 31.6 Å². The predicted octanol–water partition coefficient (Wildman–Crippen LogP) is 1.42. The molecular formula is C10H21NO2. The van der Waals surface area contributed by atoms with E-state index >= 15 is 0 Å². The van der Waals surface area contributed by atoms with Gasteiger partial charge in [-0.15, -0.1) is 0 Å². The Kier molecular flexibility index (Phi) is 3.71. The molecule has 1 aliphatic carbocycles. The average molecular weight is 187 g/mol. The number of aliphatic hydroxyl groups is 1. The first-order valence-corrected chi connectivity index (χ1v) is 5.03. The number of nitrogens with zero attached hydrogens (tertiary/aromatic N) is 1. The second-order valence-corrected chi connectivity index (χ2v) is 4.38. The summed E-state index contributed by atoms with van der Waals surface area (Å²) in [5.74, 6) is 0.771. The van der Waals surface area contributed by atoms with Gasteiger partial charge in [-0.05, 0) is 31.6 Å². The minimum absolute atomic E-state index is 0.517. The van der Waals surface area contributed by atoms with Crippen LogP contribution < -0.4 is 0 Å². The Hall–Kier alpha value is -0.120. The van der Waals surface area contributed by atoms with Crippen molar-refractivity contribution in [1.82, 2.24) is 5.06 Å². The van der Waals surface area contributed by atoms with Crippen molar-refractivity contribution < 1.29 is 9.94 Å². The van der Waals surface area contributed by atoms with Gasteiger partial charge in [0.25, 0.3) is 0 Å². The molecule has 0 bridgehead atoms. The highest BCUT2D eigenvalue weighted by Crippen LogP contribution is 2.32. The normalized spacial score (nSPS) is 35.3.